The third kappa shape index (κ3) is 9.71. The van der Waals surface area contributed by atoms with E-state index in [0.29, 0.717) is 25.3 Å². The van der Waals surface area contributed by atoms with Crippen molar-refractivity contribution < 1.29 is 14.6 Å². The van der Waals surface area contributed by atoms with E-state index in [-0.39, 0.29) is 12.2 Å². The Morgan fingerprint density at radius 1 is 1.24 bits per heavy atom. The van der Waals surface area contributed by atoms with Crippen LogP contribution < -0.4 is 16.2 Å². The molecule has 0 radical (unpaired) electrons. The van der Waals surface area contributed by atoms with Crippen LogP contribution in [0.1, 0.15) is 46.5 Å². The van der Waals surface area contributed by atoms with E-state index < -0.39 is 11.7 Å². The van der Waals surface area contributed by atoms with Crippen molar-refractivity contribution in [1.82, 2.24) is 15.1 Å². The molecule has 0 bridgehead atoms. The molecule has 3 N–H and O–H groups in total. The largest absolute Gasteiger partial charge is 0.444 e. The molecule has 1 rings (SSSR count). The molecule has 0 saturated heterocycles. The van der Waals surface area contributed by atoms with E-state index in [9.17, 15) is 9.59 Å². The van der Waals surface area contributed by atoms with Gasteiger partial charge >= 0.3 is 6.09 Å². The molecule has 0 aliphatic rings. The molecule has 142 valence electrons. The summed E-state index contributed by atoms with van der Waals surface area (Å²) in [6.45, 7) is 7.04. The summed E-state index contributed by atoms with van der Waals surface area (Å²) < 4.78 is 6.56. The SMILES string of the molecule is CC(C)(C)OC(=O)NCCNc1cnn(CCCCCCO)c(=O)c1. The Morgan fingerprint density at radius 2 is 1.96 bits per heavy atom. The van der Waals surface area contributed by atoms with Crippen LogP contribution in [0.2, 0.25) is 0 Å². The Kier molecular flexibility index (Phi) is 8.98. The van der Waals surface area contributed by atoms with E-state index in [4.69, 9.17) is 9.84 Å². The number of nitrogens with one attached hydrogen (secondary N) is 2. The van der Waals surface area contributed by atoms with Crippen LogP contribution in [0.4, 0.5) is 10.5 Å². The van der Waals surface area contributed by atoms with Crippen LogP contribution in [0.5, 0.6) is 0 Å². The fourth-order valence-electron chi connectivity index (χ4n) is 2.11. The minimum absolute atomic E-state index is 0.160. The number of hydrogen-bond donors (Lipinski definition) is 3. The summed E-state index contributed by atoms with van der Waals surface area (Å²) in [5.74, 6) is 0. The normalized spacial score (nSPS) is 11.2. The second-order valence-electron chi connectivity index (χ2n) is 6.80. The van der Waals surface area contributed by atoms with Crippen molar-refractivity contribution in [1.29, 1.82) is 0 Å². The second-order valence-corrected chi connectivity index (χ2v) is 6.80. The summed E-state index contributed by atoms with van der Waals surface area (Å²) in [7, 11) is 0. The number of hydrogen-bond acceptors (Lipinski definition) is 6. The molecule has 0 saturated carbocycles. The number of alkyl carbamates (subject to hydrolysis) is 1. The number of rotatable bonds is 10. The van der Waals surface area contributed by atoms with Crippen LogP contribution in [0.3, 0.4) is 0 Å². The zero-order valence-corrected chi connectivity index (χ0v) is 15.4. The van der Waals surface area contributed by atoms with Crippen molar-refractivity contribution in [3.8, 4) is 0 Å². The second kappa shape index (κ2) is 10.7. The van der Waals surface area contributed by atoms with E-state index in [1.54, 1.807) is 27.0 Å². The Balaban J connectivity index is 2.30. The van der Waals surface area contributed by atoms with Crippen LogP contribution >= 0.6 is 0 Å². The van der Waals surface area contributed by atoms with Crippen molar-refractivity contribution in [3.05, 3.63) is 22.6 Å². The summed E-state index contributed by atoms with van der Waals surface area (Å²) >= 11 is 0. The Bertz CT molecular complexity index is 581. The summed E-state index contributed by atoms with van der Waals surface area (Å²) in [6, 6.07) is 1.49. The number of nitrogens with zero attached hydrogens (tertiary/aromatic N) is 2. The molecule has 0 atom stereocenters. The maximum Gasteiger partial charge on any atom is 0.407 e. The molecule has 8 nitrogen and oxygen atoms in total. The van der Waals surface area contributed by atoms with Gasteiger partial charge in [0.1, 0.15) is 5.60 Å². The average molecular weight is 354 g/mol. The summed E-state index contributed by atoms with van der Waals surface area (Å²) in [5, 5.41) is 18.5. The first-order chi connectivity index (χ1) is 11.8. The van der Waals surface area contributed by atoms with E-state index in [1.165, 1.54) is 10.7 Å². The first-order valence-electron chi connectivity index (χ1n) is 8.70. The summed E-state index contributed by atoms with van der Waals surface area (Å²) in [4.78, 5) is 23.5. The third-order valence-electron chi connectivity index (χ3n) is 3.27. The van der Waals surface area contributed by atoms with Gasteiger partial charge in [-0.2, -0.15) is 5.10 Å². The van der Waals surface area contributed by atoms with Crippen LogP contribution in [-0.2, 0) is 11.3 Å². The lowest BCUT2D eigenvalue weighted by Crippen LogP contribution is -2.35. The molecule has 0 spiro atoms. The first kappa shape index (κ1) is 21.0. The van der Waals surface area contributed by atoms with Crippen LogP contribution in [0.25, 0.3) is 0 Å². The molecule has 0 unspecified atom stereocenters. The molecule has 0 aromatic carbocycles. The predicted molar refractivity (Wildman–Crippen MR) is 96.8 cm³/mol. The molecule has 0 aliphatic carbocycles. The van der Waals surface area contributed by atoms with Gasteiger partial charge in [0.25, 0.3) is 5.56 Å². The maximum absolute atomic E-state index is 12.0. The van der Waals surface area contributed by atoms with Crippen LogP contribution in [-0.4, -0.2) is 46.3 Å². The highest BCUT2D eigenvalue weighted by Gasteiger charge is 2.15. The number of unbranched alkanes of at least 4 members (excludes halogenated alkanes) is 3. The van der Waals surface area contributed by atoms with Gasteiger partial charge in [0, 0.05) is 32.3 Å². The number of amides is 1. The number of anilines is 1. The highest BCUT2D eigenvalue weighted by Crippen LogP contribution is 2.06. The number of carbonyl (C=O) groups is 1. The molecule has 1 amide bonds. The standard InChI is InChI=1S/C17H30N4O4/c1-17(2,3)25-16(24)19-9-8-18-14-12-15(23)21(20-13-14)10-6-4-5-7-11-22/h12-13,18,22H,4-11H2,1-3H3,(H,19,24). The van der Waals surface area contributed by atoms with Gasteiger partial charge in [-0.25, -0.2) is 9.48 Å². The lowest BCUT2D eigenvalue weighted by molar-refractivity contribution is 0.0530. The van der Waals surface area contributed by atoms with E-state index in [0.717, 1.165) is 25.7 Å². The van der Waals surface area contributed by atoms with Gasteiger partial charge in [0.15, 0.2) is 0 Å². The molecule has 25 heavy (non-hydrogen) atoms. The van der Waals surface area contributed by atoms with E-state index >= 15 is 0 Å². The summed E-state index contributed by atoms with van der Waals surface area (Å²) in [6.07, 6.45) is 4.70. The highest BCUT2D eigenvalue weighted by atomic mass is 16.6. The lowest BCUT2D eigenvalue weighted by atomic mass is 10.2. The number of aliphatic hydroxyl groups is 1. The minimum Gasteiger partial charge on any atom is -0.444 e. The molecule has 0 aliphatic heterocycles. The van der Waals surface area contributed by atoms with Gasteiger partial charge in [0.2, 0.25) is 0 Å². The van der Waals surface area contributed by atoms with Gasteiger partial charge in [-0.05, 0) is 33.6 Å². The predicted octanol–water partition coefficient (Wildman–Crippen LogP) is 1.73. The third-order valence-corrected chi connectivity index (χ3v) is 3.27. The average Bonchev–Trinajstić information content (AvgIpc) is 2.51. The quantitative estimate of drug-likeness (QED) is 0.553. The highest BCUT2D eigenvalue weighted by molar-refractivity contribution is 5.67. The van der Waals surface area contributed by atoms with E-state index in [2.05, 4.69) is 15.7 Å². The van der Waals surface area contributed by atoms with Crippen molar-refractivity contribution in [3.63, 3.8) is 0 Å². The maximum atomic E-state index is 12.0. The Labute approximate surface area is 148 Å². The number of aliphatic hydroxyl groups excluding tert-OH is 1. The monoisotopic (exact) mass is 354 g/mol. The molecular weight excluding hydrogens is 324 g/mol. The zero-order valence-electron chi connectivity index (χ0n) is 15.4. The van der Waals surface area contributed by atoms with Gasteiger partial charge in [-0.15, -0.1) is 0 Å². The fraction of sp³-hybridized carbons (Fsp3) is 0.706. The lowest BCUT2D eigenvalue weighted by Gasteiger charge is -2.19. The van der Waals surface area contributed by atoms with Gasteiger partial charge in [-0.3, -0.25) is 4.79 Å². The fourth-order valence-corrected chi connectivity index (χ4v) is 2.11. The number of aryl methyl sites for hydroxylation is 1. The number of carbonyl (C=O) groups excluding carboxylic acids is 1. The summed E-state index contributed by atoms with van der Waals surface area (Å²) in [5.41, 5.74) is -0.0656. The Hall–Kier alpha value is -2.09. The van der Waals surface area contributed by atoms with Crippen LogP contribution in [0.15, 0.2) is 17.1 Å². The van der Waals surface area contributed by atoms with Crippen molar-refractivity contribution in [2.45, 2.75) is 58.6 Å². The van der Waals surface area contributed by atoms with Crippen molar-refractivity contribution >= 4 is 11.8 Å². The van der Waals surface area contributed by atoms with Gasteiger partial charge in [0.05, 0.1) is 11.9 Å². The molecular formula is C17H30N4O4. The molecule has 1 aromatic heterocycles. The smallest absolute Gasteiger partial charge is 0.407 e. The molecule has 0 fully saturated rings. The Morgan fingerprint density at radius 3 is 2.60 bits per heavy atom. The molecule has 1 heterocycles. The van der Waals surface area contributed by atoms with E-state index in [1.807, 2.05) is 0 Å². The van der Waals surface area contributed by atoms with Crippen LogP contribution in [0, 0.1) is 0 Å². The van der Waals surface area contributed by atoms with Crippen molar-refractivity contribution in [2.75, 3.05) is 25.0 Å². The minimum atomic E-state index is -0.524. The zero-order chi connectivity index (χ0) is 18.7. The van der Waals surface area contributed by atoms with Gasteiger partial charge in [-0.1, -0.05) is 12.8 Å². The van der Waals surface area contributed by atoms with Gasteiger partial charge < -0.3 is 20.5 Å². The molecule has 8 heteroatoms. The topological polar surface area (TPSA) is 105 Å². The first-order valence-corrected chi connectivity index (χ1v) is 8.70. The van der Waals surface area contributed by atoms with Crippen molar-refractivity contribution in [2.24, 2.45) is 0 Å². The number of aromatic nitrogens is 2. The molecule has 1 aromatic rings. The number of ether oxygens (including phenoxy) is 1.